The van der Waals surface area contributed by atoms with Gasteiger partial charge in [0.05, 0.1) is 12.2 Å². The van der Waals surface area contributed by atoms with E-state index in [1.54, 1.807) is 13.8 Å². The lowest BCUT2D eigenvalue weighted by Crippen LogP contribution is -2.68. The largest absolute Gasteiger partial charge is 0.475 e. The number of aromatic nitrogens is 4. The summed E-state index contributed by atoms with van der Waals surface area (Å²) in [5.41, 5.74) is -0.983. The minimum atomic E-state index is -4.73. The molecule has 0 saturated carbocycles. The summed E-state index contributed by atoms with van der Waals surface area (Å²) in [6.45, 7) is 9.67. The Labute approximate surface area is 457 Å². The van der Waals surface area contributed by atoms with E-state index in [4.69, 9.17) is 36.9 Å². The molecule has 11 rings (SSSR count). The van der Waals surface area contributed by atoms with Crippen LogP contribution in [0, 0.1) is 13.8 Å². The van der Waals surface area contributed by atoms with Crippen molar-refractivity contribution in [3.63, 3.8) is 0 Å². The van der Waals surface area contributed by atoms with Crippen molar-refractivity contribution in [1.82, 2.24) is 19.1 Å². The fraction of sp³-hybridized carbons (Fsp3) is 0.333. The molecule has 4 aliphatic rings. The summed E-state index contributed by atoms with van der Waals surface area (Å²) < 4.78 is 73.9. The number of para-hydroxylation sites is 2. The third-order valence-corrected chi connectivity index (χ3v) is 22.1. The molecule has 0 amide bonds. The van der Waals surface area contributed by atoms with E-state index < -0.39 is 98.4 Å². The zero-order valence-corrected chi connectivity index (χ0v) is 46.6. The number of rotatable bonds is 11. The van der Waals surface area contributed by atoms with Crippen molar-refractivity contribution in [2.75, 3.05) is 7.11 Å². The van der Waals surface area contributed by atoms with Crippen LogP contribution in [0.4, 0.5) is 0 Å². The molecule has 5 aromatic carbocycles. The number of nitrogens with zero attached hydrogens (tertiary/aromatic N) is 2. The molecule has 7 aromatic rings. The highest BCUT2D eigenvalue weighted by atomic mass is 31.2. The predicted octanol–water partition coefficient (Wildman–Crippen LogP) is 8.58. The minimum absolute atomic E-state index is 0.0638. The molecule has 6 heterocycles. The maximum absolute atomic E-state index is 15.8. The first-order chi connectivity index (χ1) is 38.0. The van der Waals surface area contributed by atoms with E-state index in [1.165, 1.54) is 28.6 Å². The van der Waals surface area contributed by atoms with E-state index in [9.17, 15) is 19.2 Å². The summed E-state index contributed by atoms with van der Waals surface area (Å²) >= 11 is 0. The van der Waals surface area contributed by atoms with E-state index >= 15 is 4.57 Å². The molecular formula is C60H63N4O13PSi. The number of hydrogen-bond acceptors (Lipinski definition) is 13. The Morgan fingerprint density at radius 1 is 0.608 bits per heavy atom. The number of aromatic amines is 2. The van der Waals surface area contributed by atoms with Crippen molar-refractivity contribution in [3.05, 3.63) is 234 Å². The van der Waals surface area contributed by atoms with Gasteiger partial charge in [0.25, 0.3) is 19.4 Å². The van der Waals surface area contributed by atoms with Crippen LogP contribution in [0.3, 0.4) is 0 Å². The second-order valence-electron chi connectivity index (χ2n) is 21.5. The van der Waals surface area contributed by atoms with Gasteiger partial charge in [-0.2, -0.15) is 0 Å². The van der Waals surface area contributed by atoms with E-state index in [0.717, 1.165) is 27.1 Å². The van der Waals surface area contributed by atoms with E-state index in [2.05, 4.69) is 55.0 Å². The minimum Gasteiger partial charge on any atom is -0.457 e. The highest BCUT2D eigenvalue weighted by Crippen LogP contribution is 2.58. The first-order valence-electron chi connectivity index (χ1n) is 26.5. The van der Waals surface area contributed by atoms with Crippen molar-refractivity contribution in [1.29, 1.82) is 0 Å². The molecule has 19 heteroatoms. The molecule has 0 spiro atoms. The number of aryl methyl sites for hydroxylation is 2. The molecular weight excluding hydrogens is 1040 g/mol. The van der Waals surface area contributed by atoms with Crippen molar-refractivity contribution >= 4 is 26.5 Å². The second kappa shape index (κ2) is 21.7. The molecule has 2 saturated heterocycles. The predicted molar refractivity (Wildman–Crippen MR) is 299 cm³/mol. The van der Waals surface area contributed by atoms with Gasteiger partial charge in [0.1, 0.15) is 48.4 Å². The lowest BCUT2D eigenvalue weighted by molar-refractivity contribution is -0.144. The molecule has 9 atom stereocenters. The van der Waals surface area contributed by atoms with Crippen LogP contribution in [-0.4, -0.2) is 71.2 Å². The first kappa shape index (κ1) is 54.1. The van der Waals surface area contributed by atoms with Crippen molar-refractivity contribution < 1.29 is 41.5 Å². The van der Waals surface area contributed by atoms with Crippen LogP contribution in [0.25, 0.3) is 0 Å². The number of H-pyrrole nitrogens is 2. The number of benzene rings is 5. The van der Waals surface area contributed by atoms with Crippen LogP contribution in [0.15, 0.2) is 183 Å². The third-order valence-electron chi connectivity index (χ3n) is 15.5. The Balaban J connectivity index is 1.05. The Hall–Kier alpha value is -6.83. The fourth-order valence-corrected chi connectivity index (χ4v) is 17.8. The summed E-state index contributed by atoms with van der Waals surface area (Å²) in [7, 11) is -6.88. The Kier molecular flexibility index (Phi) is 14.8. The highest BCUT2D eigenvalue weighted by Gasteiger charge is 2.57. The second-order valence-corrected chi connectivity index (χ2v) is 27.5. The van der Waals surface area contributed by atoms with Crippen LogP contribution in [0.5, 0.6) is 11.5 Å². The molecule has 1 unspecified atom stereocenters. The monoisotopic (exact) mass is 1110 g/mol. The fourth-order valence-electron chi connectivity index (χ4n) is 11.8. The molecule has 2 N–H and O–H groups in total. The average molecular weight is 1110 g/mol. The molecule has 2 aromatic heterocycles. The van der Waals surface area contributed by atoms with Crippen LogP contribution in [0.1, 0.15) is 86.7 Å². The topological polar surface area (TPSA) is 201 Å². The Bertz CT molecular complexity index is 3590. The summed E-state index contributed by atoms with van der Waals surface area (Å²) in [6.07, 6.45) is -1.11. The average Bonchev–Trinajstić information content (AvgIpc) is 4.23. The van der Waals surface area contributed by atoms with Gasteiger partial charge in [0.2, 0.25) is 0 Å². The van der Waals surface area contributed by atoms with E-state index in [0.29, 0.717) is 17.1 Å². The third kappa shape index (κ3) is 10.0. The zero-order chi connectivity index (χ0) is 55.3. The van der Waals surface area contributed by atoms with Crippen molar-refractivity contribution in [3.8, 4) is 11.5 Å². The molecule has 79 heavy (non-hydrogen) atoms. The lowest BCUT2D eigenvalue weighted by atomic mass is 9.77. The number of phosphoric acid groups is 1. The molecule has 0 aliphatic carbocycles. The van der Waals surface area contributed by atoms with E-state index in [-0.39, 0.29) is 31.2 Å². The standard InChI is InChI=1S/C60H63N4O13PSi/c1-38-36-63(57(67)61-55(38)65)51-34-49-53(72-51)47(74-60(40-22-10-7-11-23-40)43-28-16-18-30-45(43)71-46-31-19-17-29-44(46)60)32-20-21-33-48(75-78(69,70-6)76-49)54-50(35-52(73-54)64-37-39(2)56(66)62-58(64)68)77-79(59(3,4)5,41-24-12-8-13-25-41)42-26-14-9-15-27-42/h7-31,36-37,47-54H,32-35H2,1-6H3,(H,61,65,67)(H,62,66,68)/b21-20+/t47-,48-,49-,50-,51+,52+,53+,54+,78?/m0/s1. The molecule has 2 fully saturated rings. The van der Waals surface area contributed by atoms with Crippen molar-refractivity contribution in [2.45, 2.75) is 120 Å². The Morgan fingerprint density at radius 3 is 1.61 bits per heavy atom. The van der Waals surface area contributed by atoms with Gasteiger partial charge in [-0.25, -0.2) is 14.2 Å². The molecule has 0 bridgehead atoms. The first-order valence-corrected chi connectivity index (χ1v) is 29.9. The van der Waals surface area contributed by atoms with Crippen LogP contribution < -0.4 is 37.6 Å². The quantitative estimate of drug-likeness (QED) is 0.0710. The van der Waals surface area contributed by atoms with Crippen molar-refractivity contribution in [2.24, 2.45) is 0 Å². The molecule has 410 valence electrons. The molecule has 0 radical (unpaired) electrons. The number of ether oxygens (including phenoxy) is 4. The van der Waals surface area contributed by atoms with Gasteiger partial charge in [-0.3, -0.25) is 42.3 Å². The lowest BCUT2D eigenvalue weighted by Gasteiger charge is -2.45. The van der Waals surface area contributed by atoms with Gasteiger partial charge in [-0.05, 0) is 59.8 Å². The van der Waals surface area contributed by atoms with Crippen LogP contribution >= 0.6 is 7.82 Å². The summed E-state index contributed by atoms with van der Waals surface area (Å²) in [5, 5.41) is 1.49. The van der Waals surface area contributed by atoms with E-state index in [1.807, 2.05) is 127 Å². The smallest absolute Gasteiger partial charge is 0.457 e. The van der Waals surface area contributed by atoms with Crippen LogP contribution in [-0.2, 0) is 42.4 Å². The highest BCUT2D eigenvalue weighted by molar-refractivity contribution is 7.48. The van der Waals surface area contributed by atoms with Crippen LogP contribution in [0.2, 0.25) is 5.04 Å². The Morgan fingerprint density at radius 2 is 1.08 bits per heavy atom. The SMILES string of the molecule is COP1(=O)O[C@H]2C[C@H](n3cc(C)c(=O)[nH]c3=O)O[C@@H]2[C@@H](OC2(c3ccccc3)c3ccccc3Oc3ccccc32)C/C=C/C[C@@H]([C@H]2O[C@@H](n3cc(C)c(=O)[nH]c3=O)C[C@@H]2O[Si](c2ccccc2)(c2ccccc2)C(C)(C)C)O1. The van der Waals surface area contributed by atoms with Gasteiger partial charge >= 0.3 is 19.2 Å². The van der Waals surface area contributed by atoms with Gasteiger partial charge in [-0.15, -0.1) is 0 Å². The number of nitrogens with one attached hydrogen (secondary N) is 2. The summed E-state index contributed by atoms with van der Waals surface area (Å²) in [6, 6.07) is 45.4. The van der Waals surface area contributed by atoms with Gasteiger partial charge in [0.15, 0.2) is 5.60 Å². The van der Waals surface area contributed by atoms with Gasteiger partial charge in [-0.1, -0.05) is 160 Å². The summed E-state index contributed by atoms with van der Waals surface area (Å²) in [5.74, 6) is 1.16. The number of fused-ring (bicyclic) bond motifs is 3. The molecule has 4 aliphatic heterocycles. The summed E-state index contributed by atoms with van der Waals surface area (Å²) in [4.78, 5) is 57.7. The number of hydrogen-bond donors (Lipinski definition) is 2. The van der Waals surface area contributed by atoms with Gasteiger partial charge < -0.3 is 23.4 Å². The number of phosphoric ester groups is 1. The molecule has 17 nitrogen and oxygen atoms in total. The maximum Gasteiger partial charge on any atom is 0.475 e. The maximum atomic E-state index is 15.8. The normalized spacial score (nSPS) is 26.2. The van der Waals surface area contributed by atoms with Gasteiger partial charge in [0, 0.05) is 54.6 Å². The zero-order valence-electron chi connectivity index (χ0n) is 44.7.